The van der Waals surface area contributed by atoms with Gasteiger partial charge in [-0.2, -0.15) is 0 Å². The van der Waals surface area contributed by atoms with Gasteiger partial charge in [-0.15, -0.1) is 0 Å². The minimum Gasteiger partial charge on any atom is -0.484 e. The van der Waals surface area contributed by atoms with E-state index in [0.29, 0.717) is 38.2 Å². The van der Waals surface area contributed by atoms with Crippen LogP contribution >= 0.6 is 0 Å². The lowest BCUT2D eigenvalue weighted by Gasteiger charge is -2.30. The quantitative estimate of drug-likeness (QED) is 0.367. The number of carbonyl (C=O) groups is 5. The summed E-state index contributed by atoms with van der Waals surface area (Å²) < 4.78 is 5.75. The van der Waals surface area contributed by atoms with Crippen molar-refractivity contribution in [3.63, 3.8) is 0 Å². The van der Waals surface area contributed by atoms with Crippen molar-refractivity contribution in [1.82, 2.24) is 30.7 Å². The molecule has 4 heterocycles. The third kappa shape index (κ3) is 8.75. The molecule has 0 spiro atoms. The molecule has 12 nitrogen and oxygen atoms in total. The maximum Gasteiger partial charge on any atom is 0.258 e. The minimum atomic E-state index is -0.988. The molecule has 0 radical (unpaired) electrons. The molecule has 0 saturated carbocycles. The lowest BCUT2D eigenvalue weighted by Crippen LogP contribution is -2.58. The first kappa shape index (κ1) is 34.1. The van der Waals surface area contributed by atoms with Crippen LogP contribution in [0.4, 0.5) is 0 Å². The van der Waals surface area contributed by atoms with Crippen LogP contribution < -0.4 is 20.7 Å². The molecule has 2 aromatic carbocycles. The van der Waals surface area contributed by atoms with E-state index >= 15 is 0 Å². The van der Waals surface area contributed by atoms with Crippen LogP contribution in [0.5, 0.6) is 5.75 Å². The third-order valence-electron chi connectivity index (χ3n) is 8.67. The number of nitrogens with zero attached hydrogens (tertiary/aromatic N) is 3. The van der Waals surface area contributed by atoms with Crippen LogP contribution in [0.1, 0.15) is 43.4 Å². The number of aromatic nitrogens is 1. The average Bonchev–Trinajstić information content (AvgIpc) is 3.60. The van der Waals surface area contributed by atoms with E-state index in [0.717, 1.165) is 16.7 Å². The summed E-state index contributed by atoms with van der Waals surface area (Å²) in [4.78, 5) is 75.1. The Kier molecular flexibility index (Phi) is 11.4. The Morgan fingerprint density at radius 1 is 0.917 bits per heavy atom. The number of nitrogens with one attached hydrogen (secondary N) is 3. The SMILES string of the molecule is CCN(Cc1ccncc1)C(=O)[C@H]1Cc2ccc(cc2)OCC(=O)N[C@H](Cc2ccccc2)C(=O)N2CCC[C@@H]2C(=O)N[C@@H](C)C(=O)N1. The maximum atomic E-state index is 13.9. The Labute approximate surface area is 280 Å². The van der Waals surface area contributed by atoms with Gasteiger partial charge in [0.1, 0.15) is 29.9 Å². The number of fused-ring (bicyclic) bond motifs is 13. The summed E-state index contributed by atoms with van der Waals surface area (Å²) in [7, 11) is 0. The van der Waals surface area contributed by atoms with Gasteiger partial charge in [0.15, 0.2) is 6.61 Å². The number of likely N-dealkylation sites (N-methyl/N-ethyl adjacent to an activating group) is 1. The molecular weight excluding hydrogens is 612 g/mol. The first-order valence-electron chi connectivity index (χ1n) is 16.4. The molecule has 5 amide bonds. The number of carbonyl (C=O) groups excluding carboxylic acids is 5. The predicted octanol–water partition coefficient (Wildman–Crippen LogP) is 1.77. The molecule has 2 bridgehead atoms. The highest BCUT2D eigenvalue weighted by Crippen LogP contribution is 2.21. The smallest absolute Gasteiger partial charge is 0.258 e. The number of hydrogen-bond acceptors (Lipinski definition) is 7. The topological polar surface area (TPSA) is 150 Å². The summed E-state index contributed by atoms with van der Waals surface area (Å²) in [5, 5.41) is 8.45. The molecule has 1 aromatic heterocycles. The summed E-state index contributed by atoms with van der Waals surface area (Å²) >= 11 is 0. The normalized spacial score (nSPS) is 22.2. The highest BCUT2D eigenvalue weighted by molar-refractivity contribution is 5.96. The molecule has 3 aliphatic rings. The Hall–Kier alpha value is -5.26. The fourth-order valence-electron chi connectivity index (χ4n) is 6.04. The van der Waals surface area contributed by atoms with Crippen LogP contribution in [0.2, 0.25) is 0 Å². The van der Waals surface area contributed by atoms with Crippen molar-refractivity contribution in [2.45, 2.75) is 70.2 Å². The van der Waals surface area contributed by atoms with Crippen molar-refractivity contribution >= 4 is 29.5 Å². The number of pyridine rings is 1. The van der Waals surface area contributed by atoms with E-state index in [1.165, 1.54) is 4.90 Å². The van der Waals surface area contributed by atoms with Crippen LogP contribution in [0, 0.1) is 0 Å². The second-order valence-corrected chi connectivity index (χ2v) is 12.1. The predicted molar refractivity (Wildman–Crippen MR) is 177 cm³/mol. The maximum absolute atomic E-state index is 13.9. The van der Waals surface area contributed by atoms with E-state index < -0.39 is 41.9 Å². The Morgan fingerprint density at radius 3 is 2.35 bits per heavy atom. The van der Waals surface area contributed by atoms with E-state index in [9.17, 15) is 24.0 Å². The van der Waals surface area contributed by atoms with Gasteiger partial charge in [-0.1, -0.05) is 42.5 Å². The summed E-state index contributed by atoms with van der Waals surface area (Å²) in [5.74, 6) is -1.70. The van der Waals surface area contributed by atoms with Crippen LogP contribution in [0.15, 0.2) is 79.1 Å². The van der Waals surface area contributed by atoms with E-state index in [2.05, 4.69) is 20.9 Å². The fourth-order valence-corrected chi connectivity index (χ4v) is 6.04. The molecule has 48 heavy (non-hydrogen) atoms. The molecule has 252 valence electrons. The molecule has 12 heteroatoms. The lowest BCUT2D eigenvalue weighted by atomic mass is 10.0. The van der Waals surface area contributed by atoms with Crippen LogP contribution in [-0.2, 0) is 43.4 Å². The molecular formula is C36H42N6O6. The largest absolute Gasteiger partial charge is 0.484 e. The van der Waals surface area contributed by atoms with E-state index in [1.54, 1.807) is 48.5 Å². The van der Waals surface area contributed by atoms with E-state index in [1.807, 2.05) is 49.4 Å². The van der Waals surface area contributed by atoms with Gasteiger partial charge in [0, 0.05) is 44.9 Å². The Balaban J connectivity index is 1.40. The molecule has 3 N–H and O–H groups in total. The zero-order valence-electron chi connectivity index (χ0n) is 27.3. The van der Waals surface area contributed by atoms with Gasteiger partial charge in [-0.05, 0) is 67.6 Å². The number of rotatable bonds is 6. The lowest BCUT2D eigenvalue weighted by molar-refractivity contribution is -0.142. The van der Waals surface area contributed by atoms with Gasteiger partial charge in [0.05, 0.1) is 0 Å². The summed E-state index contributed by atoms with van der Waals surface area (Å²) in [6, 6.07) is 16.3. The van der Waals surface area contributed by atoms with Crippen LogP contribution in [0.3, 0.4) is 0 Å². The average molecular weight is 655 g/mol. The third-order valence-corrected chi connectivity index (χ3v) is 8.67. The molecule has 4 atom stereocenters. The van der Waals surface area contributed by atoms with Gasteiger partial charge in [-0.3, -0.25) is 29.0 Å². The second-order valence-electron chi connectivity index (χ2n) is 12.1. The van der Waals surface area contributed by atoms with Crippen molar-refractivity contribution in [2.75, 3.05) is 19.7 Å². The number of benzene rings is 2. The molecule has 6 rings (SSSR count). The highest BCUT2D eigenvalue weighted by Gasteiger charge is 2.39. The Morgan fingerprint density at radius 2 is 1.65 bits per heavy atom. The molecule has 3 aliphatic heterocycles. The van der Waals surface area contributed by atoms with E-state index in [4.69, 9.17) is 4.74 Å². The van der Waals surface area contributed by atoms with Crippen molar-refractivity contribution < 1.29 is 28.7 Å². The van der Waals surface area contributed by atoms with E-state index in [-0.39, 0.29) is 31.3 Å². The molecule has 0 aliphatic carbocycles. The molecule has 3 aromatic rings. The molecule has 1 fully saturated rings. The molecule has 0 unspecified atom stereocenters. The Bertz CT molecular complexity index is 1590. The van der Waals surface area contributed by atoms with Crippen molar-refractivity contribution in [2.24, 2.45) is 0 Å². The fraction of sp³-hybridized carbons (Fsp3) is 0.389. The standard InChI is InChI=1S/C36H42N6O6/c1-3-41(22-27-15-17-37-18-16-27)35(46)29-21-26-11-13-28(14-12-26)48-23-32(43)39-30(20-25-8-5-4-6-9-25)36(47)42-19-7-10-31(42)34(45)38-24(2)33(44)40-29/h4-6,8-9,11-18,24,29-31H,3,7,10,19-23H2,1-2H3,(H,38,45)(H,39,43)(H,40,44)/t24-,29+,30+,31+/m0/s1. The number of hydrogen-bond donors (Lipinski definition) is 3. The second kappa shape index (κ2) is 16.0. The summed E-state index contributed by atoms with van der Waals surface area (Å²) in [5.41, 5.74) is 2.51. The zero-order valence-corrected chi connectivity index (χ0v) is 27.3. The number of ether oxygens (including phenoxy) is 1. The van der Waals surface area contributed by atoms with Gasteiger partial charge in [0.25, 0.3) is 5.91 Å². The van der Waals surface area contributed by atoms with Crippen LogP contribution in [-0.4, -0.2) is 88.2 Å². The zero-order chi connectivity index (χ0) is 34.0. The van der Waals surface area contributed by atoms with Crippen molar-refractivity contribution in [3.8, 4) is 5.75 Å². The first-order chi connectivity index (χ1) is 23.2. The van der Waals surface area contributed by atoms with Gasteiger partial charge in [-0.25, -0.2) is 0 Å². The van der Waals surface area contributed by atoms with Gasteiger partial charge >= 0.3 is 0 Å². The van der Waals surface area contributed by atoms with Crippen LogP contribution in [0.25, 0.3) is 0 Å². The molecule has 1 saturated heterocycles. The minimum absolute atomic E-state index is 0.185. The summed E-state index contributed by atoms with van der Waals surface area (Å²) in [6.45, 7) is 4.18. The van der Waals surface area contributed by atoms with Crippen molar-refractivity contribution in [3.05, 3.63) is 95.8 Å². The number of amides is 5. The van der Waals surface area contributed by atoms with Gasteiger partial charge < -0.3 is 30.5 Å². The van der Waals surface area contributed by atoms with Gasteiger partial charge in [0.2, 0.25) is 23.6 Å². The highest BCUT2D eigenvalue weighted by atomic mass is 16.5. The van der Waals surface area contributed by atoms with Crippen molar-refractivity contribution in [1.29, 1.82) is 0 Å². The summed E-state index contributed by atoms with van der Waals surface area (Å²) in [6.07, 6.45) is 4.74. The monoisotopic (exact) mass is 654 g/mol. The first-order valence-corrected chi connectivity index (χ1v) is 16.4.